The average Bonchev–Trinajstić information content (AvgIpc) is 3.25. The summed E-state index contributed by atoms with van der Waals surface area (Å²) in [5, 5.41) is 6.03. The number of aryl methyl sites for hydroxylation is 2. The van der Waals surface area contributed by atoms with Crippen LogP contribution in [-0.4, -0.2) is 14.8 Å². The number of rotatable bonds is 2. The molecule has 5 rings (SSSR count). The van der Waals surface area contributed by atoms with E-state index < -0.39 is 0 Å². The van der Waals surface area contributed by atoms with Crippen molar-refractivity contribution in [1.82, 2.24) is 14.8 Å². The van der Waals surface area contributed by atoms with Gasteiger partial charge in [-0.25, -0.2) is 9.67 Å². The fourth-order valence-electron chi connectivity index (χ4n) is 4.02. The van der Waals surface area contributed by atoms with E-state index in [0.29, 0.717) is 0 Å². The number of pyridine rings is 1. The monoisotopic (exact) mass is 403 g/mol. The van der Waals surface area contributed by atoms with Crippen LogP contribution in [0, 0.1) is 6.92 Å². The Bertz CT molecular complexity index is 1130. The lowest BCUT2D eigenvalue weighted by atomic mass is 9.95. The van der Waals surface area contributed by atoms with Crippen molar-refractivity contribution in [2.24, 2.45) is 0 Å². The van der Waals surface area contributed by atoms with Crippen molar-refractivity contribution in [3.8, 4) is 16.8 Å². The van der Waals surface area contributed by atoms with Gasteiger partial charge in [0.05, 0.1) is 16.8 Å². The first kappa shape index (κ1) is 15.8. The molecule has 1 aliphatic carbocycles. The van der Waals surface area contributed by atoms with Crippen molar-refractivity contribution < 1.29 is 0 Å². The van der Waals surface area contributed by atoms with Gasteiger partial charge in [-0.3, -0.25) is 0 Å². The average molecular weight is 404 g/mol. The Morgan fingerprint density at radius 3 is 2.65 bits per heavy atom. The maximum absolute atomic E-state index is 5.05. The van der Waals surface area contributed by atoms with Crippen LogP contribution in [0.15, 0.2) is 59.1 Å². The summed E-state index contributed by atoms with van der Waals surface area (Å²) < 4.78 is 3.09. The number of hydrogen-bond acceptors (Lipinski definition) is 2. The van der Waals surface area contributed by atoms with Crippen molar-refractivity contribution in [3.63, 3.8) is 0 Å². The van der Waals surface area contributed by atoms with E-state index in [0.717, 1.165) is 34.3 Å². The number of nitrogens with zero attached hydrogens (tertiary/aromatic N) is 3. The van der Waals surface area contributed by atoms with Crippen LogP contribution in [0.3, 0.4) is 0 Å². The lowest BCUT2D eigenvalue weighted by Gasteiger charge is -2.12. The molecule has 26 heavy (non-hydrogen) atoms. The van der Waals surface area contributed by atoms with Gasteiger partial charge < -0.3 is 0 Å². The van der Waals surface area contributed by atoms with Crippen LogP contribution < -0.4 is 0 Å². The second-order valence-electron chi connectivity index (χ2n) is 6.81. The number of hydrogen-bond donors (Lipinski definition) is 0. The van der Waals surface area contributed by atoms with Crippen LogP contribution in [0.5, 0.6) is 0 Å². The maximum atomic E-state index is 5.05. The first-order chi connectivity index (χ1) is 12.7. The SMILES string of the molecule is Cc1nn(-c2ccccc2)c2nc3c(c(-c4cccc(Br)c4)c12)CCC3. The van der Waals surface area contributed by atoms with E-state index in [2.05, 4.69) is 59.3 Å². The van der Waals surface area contributed by atoms with Gasteiger partial charge in [-0.2, -0.15) is 5.10 Å². The van der Waals surface area contributed by atoms with Gasteiger partial charge in [0.25, 0.3) is 0 Å². The van der Waals surface area contributed by atoms with Crippen molar-refractivity contribution in [2.45, 2.75) is 26.2 Å². The molecule has 0 N–H and O–H groups in total. The standard InChI is InChI=1S/C22H18BrN3/c1-14-20-21(15-7-5-8-16(23)13-15)18-11-6-12-19(18)24-22(20)26(25-14)17-9-3-2-4-10-17/h2-5,7-10,13H,6,11-12H2,1H3. The summed E-state index contributed by atoms with van der Waals surface area (Å²) in [4.78, 5) is 5.05. The van der Waals surface area contributed by atoms with Gasteiger partial charge in [-0.1, -0.05) is 46.3 Å². The Balaban J connectivity index is 1.89. The number of benzene rings is 2. The Morgan fingerprint density at radius 1 is 1.00 bits per heavy atom. The zero-order valence-electron chi connectivity index (χ0n) is 14.5. The number of para-hydroxylation sites is 1. The van der Waals surface area contributed by atoms with Gasteiger partial charge in [0.2, 0.25) is 0 Å². The minimum absolute atomic E-state index is 0.962. The summed E-state index contributed by atoms with van der Waals surface area (Å²) in [6.07, 6.45) is 3.31. The molecule has 0 unspecified atom stereocenters. The maximum Gasteiger partial charge on any atom is 0.164 e. The van der Waals surface area contributed by atoms with Gasteiger partial charge in [0.1, 0.15) is 0 Å². The normalized spacial score (nSPS) is 13.3. The molecule has 0 saturated carbocycles. The van der Waals surface area contributed by atoms with Crippen molar-refractivity contribution in [1.29, 1.82) is 0 Å². The van der Waals surface area contributed by atoms with Crippen LogP contribution >= 0.6 is 15.9 Å². The van der Waals surface area contributed by atoms with Crippen molar-refractivity contribution in [3.05, 3.63) is 76.0 Å². The third-order valence-corrected chi connectivity index (χ3v) is 5.62. The van der Waals surface area contributed by atoms with E-state index in [1.807, 2.05) is 22.9 Å². The predicted octanol–water partition coefficient (Wildman–Crippen LogP) is 5.65. The molecule has 0 saturated heterocycles. The molecule has 0 aliphatic heterocycles. The van der Waals surface area contributed by atoms with Crippen LogP contribution in [0.4, 0.5) is 0 Å². The highest BCUT2D eigenvalue weighted by atomic mass is 79.9. The lowest BCUT2D eigenvalue weighted by Crippen LogP contribution is -2.00. The third kappa shape index (κ3) is 2.40. The molecule has 0 fully saturated rings. The summed E-state index contributed by atoms with van der Waals surface area (Å²) in [6.45, 7) is 2.09. The molecule has 2 aromatic carbocycles. The van der Waals surface area contributed by atoms with E-state index in [1.165, 1.54) is 34.2 Å². The van der Waals surface area contributed by atoms with E-state index in [1.54, 1.807) is 0 Å². The molecule has 2 aromatic heterocycles. The molecule has 0 atom stereocenters. The molecule has 0 amide bonds. The minimum Gasteiger partial charge on any atom is -0.233 e. The molecule has 0 bridgehead atoms. The first-order valence-corrected chi connectivity index (χ1v) is 9.74. The van der Waals surface area contributed by atoms with E-state index in [4.69, 9.17) is 10.1 Å². The molecule has 1 aliphatic rings. The van der Waals surface area contributed by atoms with Crippen LogP contribution in [-0.2, 0) is 12.8 Å². The highest BCUT2D eigenvalue weighted by molar-refractivity contribution is 9.10. The fraction of sp³-hybridized carbons (Fsp3) is 0.182. The first-order valence-electron chi connectivity index (χ1n) is 8.95. The lowest BCUT2D eigenvalue weighted by molar-refractivity contribution is 0.866. The highest BCUT2D eigenvalue weighted by Crippen LogP contribution is 2.39. The topological polar surface area (TPSA) is 30.7 Å². The molecule has 128 valence electrons. The van der Waals surface area contributed by atoms with Crippen molar-refractivity contribution in [2.75, 3.05) is 0 Å². The van der Waals surface area contributed by atoms with Crippen LogP contribution in [0.25, 0.3) is 27.8 Å². The van der Waals surface area contributed by atoms with Gasteiger partial charge in [0, 0.05) is 10.2 Å². The predicted molar refractivity (Wildman–Crippen MR) is 109 cm³/mol. The van der Waals surface area contributed by atoms with E-state index >= 15 is 0 Å². The Hall–Kier alpha value is -2.46. The fourth-order valence-corrected chi connectivity index (χ4v) is 4.42. The van der Waals surface area contributed by atoms with Gasteiger partial charge in [-0.05, 0) is 67.1 Å². The van der Waals surface area contributed by atoms with Crippen molar-refractivity contribution >= 4 is 27.0 Å². The number of fused-ring (bicyclic) bond motifs is 2. The number of aromatic nitrogens is 3. The van der Waals surface area contributed by atoms with Gasteiger partial charge >= 0.3 is 0 Å². The van der Waals surface area contributed by atoms with E-state index in [9.17, 15) is 0 Å². The molecule has 0 spiro atoms. The molecule has 0 radical (unpaired) electrons. The second-order valence-corrected chi connectivity index (χ2v) is 7.72. The quantitative estimate of drug-likeness (QED) is 0.433. The molecule has 4 heteroatoms. The Labute approximate surface area is 160 Å². The zero-order valence-corrected chi connectivity index (χ0v) is 16.1. The molecule has 3 nitrogen and oxygen atoms in total. The summed E-state index contributed by atoms with van der Waals surface area (Å²) in [5.74, 6) is 0. The summed E-state index contributed by atoms with van der Waals surface area (Å²) in [7, 11) is 0. The minimum atomic E-state index is 0.962. The van der Waals surface area contributed by atoms with Crippen LogP contribution in [0.1, 0.15) is 23.4 Å². The Morgan fingerprint density at radius 2 is 1.85 bits per heavy atom. The summed E-state index contributed by atoms with van der Waals surface area (Å²) in [5.41, 5.74) is 8.21. The summed E-state index contributed by atoms with van der Waals surface area (Å²) in [6, 6.07) is 18.8. The third-order valence-electron chi connectivity index (χ3n) is 5.13. The Kier molecular flexibility index (Phi) is 3.68. The number of halogens is 1. The zero-order chi connectivity index (χ0) is 17.7. The second kappa shape index (κ2) is 6.06. The largest absolute Gasteiger partial charge is 0.233 e. The van der Waals surface area contributed by atoms with Gasteiger partial charge in [-0.15, -0.1) is 0 Å². The molecular formula is C22H18BrN3. The van der Waals surface area contributed by atoms with Crippen LogP contribution in [0.2, 0.25) is 0 Å². The molecule has 4 aromatic rings. The highest BCUT2D eigenvalue weighted by Gasteiger charge is 2.24. The van der Waals surface area contributed by atoms with Gasteiger partial charge in [0.15, 0.2) is 5.65 Å². The van der Waals surface area contributed by atoms with E-state index in [-0.39, 0.29) is 0 Å². The molecular weight excluding hydrogens is 386 g/mol. The molecule has 2 heterocycles. The summed E-state index contributed by atoms with van der Waals surface area (Å²) >= 11 is 3.63. The smallest absolute Gasteiger partial charge is 0.164 e.